The zero-order chi connectivity index (χ0) is 19.4. The highest BCUT2D eigenvalue weighted by atomic mass is 16.4. The van der Waals surface area contributed by atoms with Gasteiger partial charge in [0.2, 0.25) is 5.91 Å². The molecule has 1 saturated carbocycles. The van der Waals surface area contributed by atoms with Gasteiger partial charge in [-0.3, -0.25) is 14.4 Å². The highest BCUT2D eigenvalue weighted by Crippen LogP contribution is 2.30. The van der Waals surface area contributed by atoms with Crippen LogP contribution in [0.25, 0.3) is 0 Å². The quantitative estimate of drug-likeness (QED) is 0.832. The molecule has 27 heavy (non-hydrogen) atoms. The van der Waals surface area contributed by atoms with Gasteiger partial charge in [-0.2, -0.15) is 0 Å². The minimum Gasteiger partial charge on any atom is -0.481 e. The van der Waals surface area contributed by atoms with Gasteiger partial charge < -0.3 is 15.3 Å². The van der Waals surface area contributed by atoms with Gasteiger partial charge in [0, 0.05) is 31.1 Å². The second kappa shape index (κ2) is 8.11. The second-order valence-corrected chi connectivity index (χ2v) is 8.09. The Bertz CT molecular complexity index is 709. The Kier molecular flexibility index (Phi) is 5.82. The van der Waals surface area contributed by atoms with E-state index in [1.165, 1.54) is 0 Å². The molecule has 3 rings (SSSR count). The van der Waals surface area contributed by atoms with Crippen LogP contribution >= 0.6 is 0 Å². The Balaban J connectivity index is 1.57. The summed E-state index contributed by atoms with van der Waals surface area (Å²) in [6, 6.07) is 7.21. The van der Waals surface area contributed by atoms with Crippen LogP contribution in [0.1, 0.15) is 61.4 Å². The summed E-state index contributed by atoms with van der Waals surface area (Å²) >= 11 is 0. The maximum atomic E-state index is 12.7. The number of carbonyl (C=O) groups excluding carboxylic acids is 2. The number of hydrogen-bond donors (Lipinski definition) is 2. The number of nitrogens with zero attached hydrogens (tertiary/aromatic N) is 1. The Morgan fingerprint density at radius 2 is 1.81 bits per heavy atom. The molecule has 1 saturated heterocycles. The molecule has 1 atom stereocenters. The van der Waals surface area contributed by atoms with Crippen molar-refractivity contribution in [2.24, 2.45) is 11.3 Å². The zero-order valence-electron chi connectivity index (χ0n) is 15.9. The van der Waals surface area contributed by atoms with Crippen LogP contribution in [0.3, 0.4) is 0 Å². The number of hydrogen-bond acceptors (Lipinski definition) is 3. The van der Waals surface area contributed by atoms with E-state index >= 15 is 0 Å². The van der Waals surface area contributed by atoms with E-state index in [9.17, 15) is 19.5 Å². The third kappa shape index (κ3) is 4.49. The van der Waals surface area contributed by atoms with Crippen LogP contribution in [0.2, 0.25) is 0 Å². The van der Waals surface area contributed by atoms with Crippen LogP contribution < -0.4 is 5.32 Å². The lowest BCUT2D eigenvalue weighted by atomic mass is 9.82. The van der Waals surface area contributed by atoms with Crippen molar-refractivity contribution < 1.29 is 19.5 Å². The van der Waals surface area contributed by atoms with Crippen LogP contribution in [-0.4, -0.2) is 40.9 Å². The number of benzene rings is 1. The Labute approximate surface area is 159 Å². The van der Waals surface area contributed by atoms with Gasteiger partial charge in [-0.1, -0.05) is 25.0 Å². The number of amides is 2. The first-order chi connectivity index (χ1) is 12.9. The van der Waals surface area contributed by atoms with E-state index in [0.717, 1.165) is 31.2 Å². The molecule has 2 N–H and O–H groups in total. The first kappa shape index (κ1) is 19.4. The molecule has 6 heteroatoms. The summed E-state index contributed by atoms with van der Waals surface area (Å²) in [6.07, 6.45) is 5.50. The van der Waals surface area contributed by atoms with Crippen LogP contribution in [0.5, 0.6) is 0 Å². The number of carbonyl (C=O) groups is 3. The molecule has 1 aliphatic heterocycles. The molecular weight excluding hydrogens is 344 g/mol. The Morgan fingerprint density at radius 3 is 2.44 bits per heavy atom. The fourth-order valence-electron chi connectivity index (χ4n) is 4.06. The van der Waals surface area contributed by atoms with Crippen LogP contribution in [0.4, 0.5) is 0 Å². The van der Waals surface area contributed by atoms with Crippen molar-refractivity contribution in [3.05, 3.63) is 35.4 Å². The monoisotopic (exact) mass is 372 g/mol. The summed E-state index contributed by atoms with van der Waals surface area (Å²) in [5.74, 6) is -0.723. The van der Waals surface area contributed by atoms with Crippen molar-refractivity contribution in [2.45, 2.75) is 52.0 Å². The average Bonchev–Trinajstić information content (AvgIpc) is 3.21. The van der Waals surface area contributed by atoms with Crippen molar-refractivity contribution in [3.8, 4) is 0 Å². The van der Waals surface area contributed by atoms with Gasteiger partial charge in [-0.25, -0.2) is 0 Å². The molecular formula is C21H28N2O4. The van der Waals surface area contributed by atoms with Gasteiger partial charge in [-0.15, -0.1) is 0 Å². The number of nitrogens with one attached hydrogen (secondary N) is 1. The third-order valence-corrected chi connectivity index (χ3v) is 5.89. The van der Waals surface area contributed by atoms with E-state index in [-0.39, 0.29) is 24.3 Å². The second-order valence-electron chi connectivity index (χ2n) is 8.09. The van der Waals surface area contributed by atoms with E-state index in [0.29, 0.717) is 31.5 Å². The van der Waals surface area contributed by atoms with E-state index < -0.39 is 11.4 Å². The summed E-state index contributed by atoms with van der Waals surface area (Å²) in [5, 5.41) is 12.4. The molecule has 0 bridgehead atoms. The molecule has 1 aliphatic carbocycles. The fraction of sp³-hybridized carbons (Fsp3) is 0.571. The molecule has 0 aromatic heterocycles. The lowest BCUT2D eigenvalue weighted by molar-refractivity contribution is -0.150. The minimum atomic E-state index is -0.877. The minimum absolute atomic E-state index is 0.119. The predicted octanol–water partition coefficient (Wildman–Crippen LogP) is 2.82. The van der Waals surface area contributed by atoms with E-state index in [1.807, 2.05) is 12.1 Å². The number of carboxylic acid groups (broad SMARTS) is 1. The molecule has 1 aromatic carbocycles. The molecule has 0 spiro atoms. The highest BCUT2D eigenvalue weighted by molar-refractivity contribution is 5.94. The normalized spacial score (nSPS) is 23.2. The third-order valence-electron chi connectivity index (χ3n) is 5.89. The van der Waals surface area contributed by atoms with Crippen LogP contribution in [0.15, 0.2) is 24.3 Å². The Morgan fingerprint density at radius 1 is 1.15 bits per heavy atom. The molecule has 6 nitrogen and oxygen atoms in total. The van der Waals surface area contributed by atoms with Crippen LogP contribution in [0, 0.1) is 11.3 Å². The van der Waals surface area contributed by atoms with Crippen molar-refractivity contribution in [1.29, 1.82) is 0 Å². The molecule has 1 aromatic rings. The molecule has 146 valence electrons. The predicted molar refractivity (Wildman–Crippen MR) is 101 cm³/mol. The molecule has 2 amide bonds. The average molecular weight is 372 g/mol. The maximum Gasteiger partial charge on any atom is 0.311 e. The highest BCUT2D eigenvalue weighted by Gasteiger charge is 2.39. The molecule has 2 aliphatic rings. The SMILES string of the molecule is CC1(C(=O)O)CCCN(C(=O)c2ccc(CNC(=O)C3CCCC3)cc2)C1. The van der Waals surface area contributed by atoms with Crippen molar-refractivity contribution in [3.63, 3.8) is 0 Å². The van der Waals surface area contributed by atoms with Crippen LogP contribution in [-0.2, 0) is 16.1 Å². The molecule has 2 fully saturated rings. The lowest BCUT2D eigenvalue weighted by Gasteiger charge is -2.37. The lowest BCUT2D eigenvalue weighted by Crippen LogP contribution is -2.48. The van der Waals surface area contributed by atoms with Crippen molar-refractivity contribution in [2.75, 3.05) is 13.1 Å². The first-order valence-electron chi connectivity index (χ1n) is 9.78. The summed E-state index contributed by atoms with van der Waals surface area (Å²) in [5.41, 5.74) is 0.626. The molecule has 0 radical (unpaired) electrons. The maximum absolute atomic E-state index is 12.7. The van der Waals surface area contributed by atoms with Gasteiger partial charge in [0.15, 0.2) is 0 Å². The summed E-state index contributed by atoms with van der Waals surface area (Å²) in [7, 11) is 0. The van der Waals surface area contributed by atoms with Gasteiger partial charge in [0.25, 0.3) is 5.91 Å². The van der Waals surface area contributed by atoms with Gasteiger partial charge in [0.1, 0.15) is 0 Å². The largest absolute Gasteiger partial charge is 0.481 e. The first-order valence-corrected chi connectivity index (χ1v) is 9.78. The summed E-state index contributed by atoms with van der Waals surface area (Å²) < 4.78 is 0. The molecule has 1 unspecified atom stereocenters. The van der Waals surface area contributed by atoms with Gasteiger partial charge >= 0.3 is 5.97 Å². The fourth-order valence-corrected chi connectivity index (χ4v) is 4.06. The van der Waals surface area contributed by atoms with Gasteiger partial charge in [-0.05, 0) is 50.3 Å². The number of likely N-dealkylation sites (tertiary alicyclic amines) is 1. The zero-order valence-corrected chi connectivity index (χ0v) is 15.9. The van der Waals surface area contributed by atoms with Crippen molar-refractivity contribution >= 4 is 17.8 Å². The smallest absolute Gasteiger partial charge is 0.311 e. The van der Waals surface area contributed by atoms with E-state index in [2.05, 4.69) is 5.32 Å². The summed E-state index contributed by atoms with van der Waals surface area (Å²) in [4.78, 5) is 37.9. The van der Waals surface area contributed by atoms with Crippen molar-refractivity contribution in [1.82, 2.24) is 10.2 Å². The summed E-state index contributed by atoms with van der Waals surface area (Å²) in [6.45, 7) is 2.98. The standard InChI is InChI=1S/C21H28N2O4/c1-21(20(26)27)11-4-12-23(14-21)19(25)17-9-7-15(8-10-17)13-22-18(24)16-5-2-3-6-16/h7-10,16H,2-6,11-14H2,1H3,(H,22,24)(H,26,27). The number of piperidine rings is 1. The van der Waals surface area contributed by atoms with E-state index in [1.54, 1.807) is 24.0 Å². The topological polar surface area (TPSA) is 86.7 Å². The van der Waals surface area contributed by atoms with E-state index in [4.69, 9.17) is 0 Å². The number of rotatable bonds is 5. The molecule has 1 heterocycles. The number of aliphatic carboxylic acids is 1. The number of carboxylic acids is 1. The Hall–Kier alpha value is -2.37. The van der Waals surface area contributed by atoms with Gasteiger partial charge in [0.05, 0.1) is 5.41 Å².